The van der Waals surface area contributed by atoms with Crippen LogP contribution in [0.4, 0.5) is 0 Å². The van der Waals surface area contributed by atoms with Gasteiger partial charge in [0.05, 0.1) is 37.2 Å². The smallest absolute Gasteiger partial charge is 0.0698 e. The molecule has 0 aromatic carbocycles. The highest BCUT2D eigenvalue weighted by atomic mass is 16.5. The van der Waals surface area contributed by atoms with Gasteiger partial charge in [-0.05, 0) is 0 Å². The zero-order chi connectivity index (χ0) is 12.7. The van der Waals surface area contributed by atoms with E-state index in [0.717, 1.165) is 0 Å². The van der Waals surface area contributed by atoms with E-state index in [-0.39, 0.29) is 0 Å². The van der Waals surface area contributed by atoms with Crippen LogP contribution in [0.2, 0.25) is 0 Å². The summed E-state index contributed by atoms with van der Waals surface area (Å²) < 4.78 is 57.3. The van der Waals surface area contributed by atoms with Crippen LogP contribution >= 0.6 is 0 Å². The molecular weight excluding hydrogens is 96.0 g/mol. The van der Waals surface area contributed by atoms with Crippen LogP contribution < -0.4 is 0 Å². The molecule has 0 heterocycles. The van der Waals surface area contributed by atoms with Crippen molar-refractivity contribution in [2.75, 3.05) is 26.2 Å². The normalized spacial score (nSPS) is 34.6. The molecule has 0 aliphatic carbocycles. The van der Waals surface area contributed by atoms with E-state index < -0.39 is 26.2 Å². The van der Waals surface area contributed by atoms with Crippen molar-refractivity contribution >= 4 is 0 Å². The fourth-order valence-electron chi connectivity index (χ4n) is 0.0712. The van der Waals surface area contributed by atoms with Gasteiger partial charge in [-0.25, -0.2) is 0 Å². The summed E-state index contributed by atoms with van der Waals surface area (Å²) in [5, 5.41) is 17.3. The number of hydrogen-bond acceptors (Lipinski definition) is 3. The molecule has 0 saturated heterocycles. The van der Waals surface area contributed by atoms with E-state index in [0.29, 0.717) is 0 Å². The van der Waals surface area contributed by atoms with Gasteiger partial charge in [-0.15, -0.1) is 0 Å². The molecule has 0 spiro atoms. The molecule has 0 unspecified atom stereocenters. The molecule has 0 radical (unpaired) electrons. The number of ether oxygens (including phenoxy) is 1. The molecule has 0 aromatic rings. The third kappa shape index (κ3) is 5.88. The van der Waals surface area contributed by atoms with Gasteiger partial charge in [-0.3, -0.25) is 0 Å². The average Bonchev–Trinajstić information content (AvgIpc) is 1.77. The Morgan fingerprint density at radius 3 is 2.00 bits per heavy atom. The summed E-state index contributed by atoms with van der Waals surface area (Å²) in [7, 11) is 0. The topological polar surface area (TPSA) is 49.7 Å². The quantitative estimate of drug-likeness (QED) is 0.492. The van der Waals surface area contributed by atoms with Gasteiger partial charge in [0.2, 0.25) is 0 Å². The Bertz CT molecular complexity index is 203. The molecule has 0 atom stereocenters. The minimum absolute atomic E-state index is 3.51. The minimum Gasteiger partial charge on any atom is -0.394 e. The lowest BCUT2D eigenvalue weighted by molar-refractivity contribution is 0.0650. The van der Waals surface area contributed by atoms with Crippen LogP contribution in [-0.2, 0) is 4.74 Å². The van der Waals surface area contributed by atoms with Crippen LogP contribution in [0.3, 0.4) is 0 Å². The van der Waals surface area contributed by atoms with E-state index in [2.05, 4.69) is 4.74 Å². The maximum Gasteiger partial charge on any atom is 0.0698 e. The standard InChI is InChI=1S/C4H10O3/c5-1-3-7-4-2-6/h5-6H,1-4H2/i1D2,2D2,3D2,4D2. The predicted octanol–water partition coefficient (Wildman–Crippen LogP) is -1.01. The Hall–Kier alpha value is -0.120. The first-order valence-corrected chi connectivity index (χ1v) is 1.36. The van der Waals surface area contributed by atoms with E-state index in [1.54, 1.807) is 0 Å². The third-order valence-corrected chi connectivity index (χ3v) is 0.193. The van der Waals surface area contributed by atoms with E-state index in [1.807, 2.05) is 0 Å². The maximum atomic E-state index is 8.64. The highest BCUT2D eigenvalue weighted by Gasteiger charge is 1.79. The van der Waals surface area contributed by atoms with Gasteiger partial charge in [0, 0.05) is 0 Å². The van der Waals surface area contributed by atoms with Crippen molar-refractivity contribution < 1.29 is 25.9 Å². The molecule has 0 bridgehead atoms. The molecule has 44 valence electrons. The van der Waals surface area contributed by atoms with Crippen molar-refractivity contribution in [2.45, 2.75) is 0 Å². The number of aliphatic hydroxyl groups is 2. The van der Waals surface area contributed by atoms with Crippen LogP contribution in [0.5, 0.6) is 0 Å². The lowest BCUT2D eigenvalue weighted by Gasteiger charge is -1.94. The minimum atomic E-state index is -3.54. The first-order valence-electron chi connectivity index (χ1n) is 5.36. The van der Waals surface area contributed by atoms with Crippen molar-refractivity contribution in [2.24, 2.45) is 0 Å². The summed E-state index contributed by atoms with van der Waals surface area (Å²) in [6.45, 7) is -14.1. The van der Waals surface area contributed by atoms with Gasteiger partial charge < -0.3 is 14.9 Å². The molecule has 2 N–H and O–H groups in total. The van der Waals surface area contributed by atoms with Gasteiger partial charge in [-0.2, -0.15) is 0 Å². The Kier molecular flexibility index (Phi) is 1.04. The zero-order valence-corrected chi connectivity index (χ0v) is 3.30. The highest BCUT2D eigenvalue weighted by molar-refractivity contribution is 4.24. The van der Waals surface area contributed by atoms with Crippen LogP contribution in [0.1, 0.15) is 11.0 Å². The number of hydrogen-bond donors (Lipinski definition) is 2. The van der Waals surface area contributed by atoms with Gasteiger partial charge in [0.25, 0.3) is 0 Å². The molecule has 7 heavy (non-hydrogen) atoms. The molecule has 0 aromatic heterocycles. The highest BCUT2D eigenvalue weighted by Crippen LogP contribution is 1.68. The van der Waals surface area contributed by atoms with Crippen molar-refractivity contribution in [3.8, 4) is 0 Å². The second-order valence-corrected chi connectivity index (χ2v) is 0.530. The van der Waals surface area contributed by atoms with E-state index in [1.165, 1.54) is 0 Å². The lowest BCUT2D eigenvalue weighted by atomic mass is 10.7. The average molecular weight is 114 g/mol. The van der Waals surface area contributed by atoms with Gasteiger partial charge in [0.15, 0.2) is 0 Å². The molecule has 0 amide bonds. The Balaban J connectivity index is 4.89. The summed E-state index contributed by atoms with van der Waals surface area (Å²) in [6, 6.07) is 0. The first-order chi connectivity index (χ1) is 6.21. The zero-order valence-electron chi connectivity index (χ0n) is 11.3. The Labute approximate surface area is 53.8 Å². The SMILES string of the molecule is [2H]C([2H])(O)C([2H])([2H])OC([2H])([2H])C([2H])([2H])O. The Morgan fingerprint density at radius 2 is 1.71 bits per heavy atom. The summed E-state index contributed by atoms with van der Waals surface area (Å²) in [4.78, 5) is 0. The molecule has 0 saturated carbocycles. The summed E-state index contributed by atoms with van der Waals surface area (Å²) >= 11 is 0. The third-order valence-electron chi connectivity index (χ3n) is 0.193. The van der Waals surface area contributed by atoms with Gasteiger partial charge >= 0.3 is 0 Å². The van der Waals surface area contributed by atoms with Crippen LogP contribution in [0.15, 0.2) is 0 Å². The van der Waals surface area contributed by atoms with Crippen LogP contribution in [-0.4, -0.2) is 36.4 Å². The predicted molar refractivity (Wildman–Crippen MR) is 25.0 cm³/mol. The van der Waals surface area contributed by atoms with Gasteiger partial charge in [0.1, 0.15) is 0 Å². The van der Waals surface area contributed by atoms with Crippen molar-refractivity contribution in [3.05, 3.63) is 0 Å². The van der Waals surface area contributed by atoms with E-state index in [4.69, 9.17) is 21.2 Å². The molecule has 0 aliphatic heterocycles. The second kappa shape index (κ2) is 5.88. The largest absolute Gasteiger partial charge is 0.394 e. The van der Waals surface area contributed by atoms with Crippen LogP contribution in [0.25, 0.3) is 0 Å². The summed E-state index contributed by atoms with van der Waals surface area (Å²) in [5.74, 6) is 0. The molecular formula is C4H10O3. The fraction of sp³-hybridized carbons (Fsp3) is 1.00. The summed E-state index contributed by atoms with van der Waals surface area (Å²) in [6.07, 6.45) is 0. The van der Waals surface area contributed by atoms with Crippen molar-refractivity contribution in [1.82, 2.24) is 0 Å². The summed E-state index contributed by atoms with van der Waals surface area (Å²) in [5.41, 5.74) is 0. The van der Waals surface area contributed by atoms with Crippen molar-refractivity contribution in [1.29, 1.82) is 0 Å². The molecule has 0 aliphatic rings. The first kappa shape index (κ1) is 1.23. The lowest BCUT2D eigenvalue weighted by Crippen LogP contribution is -2.03. The molecule has 0 rings (SSSR count). The maximum absolute atomic E-state index is 8.64. The van der Waals surface area contributed by atoms with Gasteiger partial charge in [-0.1, -0.05) is 0 Å². The van der Waals surface area contributed by atoms with Crippen molar-refractivity contribution in [3.63, 3.8) is 0 Å². The second-order valence-electron chi connectivity index (χ2n) is 0.530. The molecule has 3 nitrogen and oxygen atoms in total. The van der Waals surface area contributed by atoms with Crippen LogP contribution in [0, 0.1) is 0 Å². The molecule has 3 heteroatoms. The number of rotatable bonds is 4. The fourth-order valence-corrected chi connectivity index (χ4v) is 0.0712. The monoisotopic (exact) mass is 114 g/mol. The molecule has 0 fully saturated rings. The van der Waals surface area contributed by atoms with E-state index >= 15 is 0 Å². The Morgan fingerprint density at radius 1 is 1.29 bits per heavy atom. The van der Waals surface area contributed by atoms with E-state index in [9.17, 15) is 0 Å².